The van der Waals surface area contributed by atoms with Gasteiger partial charge in [0.25, 0.3) is 0 Å². The molecule has 3 N–H and O–H groups in total. The number of aryl methyl sites for hydroxylation is 2. The molecule has 21 heavy (non-hydrogen) atoms. The normalized spacial score (nSPS) is 12.3. The summed E-state index contributed by atoms with van der Waals surface area (Å²) < 4.78 is 24.3. The first-order valence-corrected chi connectivity index (χ1v) is 8.66. The molecule has 1 rings (SSSR count). The molecular weight excluding hydrogens is 288 g/mol. The predicted octanol–water partition coefficient (Wildman–Crippen LogP) is 0.518. The smallest absolute Gasteiger partial charge is 0.208 e. The number of benzene rings is 1. The fourth-order valence-electron chi connectivity index (χ4n) is 1.86. The minimum absolute atomic E-state index is 0.323. The summed E-state index contributed by atoms with van der Waals surface area (Å²) in [5.41, 5.74) is 3.68. The summed E-state index contributed by atoms with van der Waals surface area (Å²) >= 11 is 0. The van der Waals surface area contributed by atoms with E-state index in [-0.39, 0.29) is 0 Å². The molecule has 0 bridgehead atoms. The molecule has 0 aromatic heterocycles. The van der Waals surface area contributed by atoms with Gasteiger partial charge in [-0.05, 0) is 25.0 Å². The van der Waals surface area contributed by atoms with E-state index in [9.17, 15) is 8.42 Å². The quantitative estimate of drug-likeness (QED) is 0.406. The topological polar surface area (TPSA) is 82.6 Å². The lowest BCUT2D eigenvalue weighted by molar-refractivity contribution is 0.586. The summed E-state index contributed by atoms with van der Waals surface area (Å²) in [6.45, 7) is 5.61. The van der Waals surface area contributed by atoms with E-state index in [0.29, 0.717) is 25.6 Å². The molecule has 0 aliphatic rings. The van der Waals surface area contributed by atoms with Crippen LogP contribution in [-0.4, -0.2) is 40.8 Å². The van der Waals surface area contributed by atoms with Gasteiger partial charge in [-0.3, -0.25) is 4.99 Å². The zero-order valence-electron chi connectivity index (χ0n) is 13.0. The summed E-state index contributed by atoms with van der Waals surface area (Å²) in [5, 5.41) is 6.26. The third-order valence-electron chi connectivity index (χ3n) is 2.95. The lowest BCUT2D eigenvalue weighted by atomic mass is 10.1. The predicted molar refractivity (Wildman–Crippen MR) is 87.0 cm³/mol. The molecule has 6 nitrogen and oxygen atoms in total. The lowest BCUT2D eigenvalue weighted by Gasteiger charge is -2.13. The molecule has 0 radical (unpaired) electrons. The van der Waals surface area contributed by atoms with Gasteiger partial charge >= 0.3 is 0 Å². The highest BCUT2D eigenvalue weighted by molar-refractivity contribution is 7.88. The molecule has 0 fully saturated rings. The molecule has 7 heteroatoms. The Morgan fingerprint density at radius 2 is 1.90 bits per heavy atom. The van der Waals surface area contributed by atoms with Crippen LogP contribution in [0, 0.1) is 13.8 Å². The van der Waals surface area contributed by atoms with Crippen molar-refractivity contribution < 1.29 is 8.42 Å². The second kappa shape index (κ2) is 7.99. The van der Waals surface area contributed by atoms with E-state index in [1.807, 2.05) is 0 Å². The van der Waals surface area contributed by atoms with E-state index >= 15 is 0 Å². The average Bonchev–Trinajstić information content (AvgIpc) is 2.38. The van der Waals surface area contributed by atoms with Crippen molar-refractivity contribution in [3.05, 3.63) is 34.9 Å². The van der Waals surface area contributed by atoms with Crippen LogP contribution < -0.4 is 15.4 Å². The van der Waals surface area contributed by atoms with Crippen LogP contribution in [0.25, 0.3) is 0 Å². The lowest BCUT2D eigenvalue weighted by Crippen LogP contribution is -2.41. The van der Waals surface area contributed by atoms with E-state index < -0.39 is 10.0 Å². The maximum absolute atomic E-state index is 10.9. The van der Waals surface area contributed by atoms with Crippen LogP contribution in [0.2, 0.25) is 0 Å². The van der Waals surface area contributed by atoms with Gasteiger partial charge in [-0.15, -0.1) is 0 Å². The molecule has 1 aromatic carbocycles. The van der Waals surface area contributed by atoms with Gasteiger partial charge in [-0.2, -0.15) is 0 Å². The van der Waals surface area contributed by atoms with Gasteiger partial charge in [-0.25, -0.2) is 13.1 Å². The van der Waals surface area contributed by atoms with Gasteiger partial charge in [0.15, 0.2) is 5.96 Å². The van der Waals surface area contributed by atoms with Gasteiger partial charge < -0.3 is 10.6 Å². The number of aliphatic imine (C=N–C) groups is 1. The molecule has 0 saturated carbocycles. The Bertz CT molecular complexity index is 597. The zero-order valence-corrected chi connectivity index (χ0v) is 13.8. The van der Waals surface area contributed by atoms with E-state index in [1.54, 1.807) is 7.05 Å². The molecule has 118 valence electrons. The van der Waals surface area contributed by atoms with Crippen molar-refractivity contribution in [2.75, 3.05) is 26.4 Å². The molecular formula is C14H24N4O2S. The summed E-state index contributed by atoms with van der Waals surface area (Å²) in [5.74, 6) is 0.644. The second-order valence-electron chi connectivity index (χ2n) is 4.95. The fourth-order valence-corrected chi connectivity index (χ4v) is 2.33. The standard InChI is InChI=1S/C14H24N4O2S/c1-11-5-6-13(12(2)9-11)10-17-14(15-3)16-7-8-18-21(4,19)20/h5-6,9,18H,7-8,10H2,1-4H3,(H2,15,16,17). The number of nitrogens with one attached hydrogen (secondary N) is 3. The molecule has 0 amide bonds. The highest BCUT2D eigenvalue weighted by Crippen LogP contribution is 2.09. The first-order chi connectivity index (χ1) is 9.81. The number of rotatable bonds is 6. The number of nitrogens with zero attached hydrogens (tertiary/aromatic N) is 1. The van der Waals surface area contributed by atoms with Crippen molar-refractivity contribution >= 4 is 16.0 Å². The van der Waals surface area contributed by atoms with Crippen molar-refractivity contribution in [2.45, 2.75) is 20.4 Å². The first-order valence-electron chi connectivity index (χ1n) is 6.77. The Kier molecular flexibility index (Phi) is 6.64. The molecule has 0 spiro atoms. The molecule has 0 aliphatic heterocycles. The van der Waals surface area contributed by atoms with Crippen molar-refractivity contribution in [3.8, 4) is 0 Å². The SMILES string of the molecule is CN=C(NCCNS(C)(=O)=O)NCc1ccc(C)cc1C. The van der Waals surface area contributed by atoms with Crippen LogP contribution in [0.15, 0.2) is 23.2 Å². The fraction of sp³-hybridized carbons (Fsp3) is 0.500. The Balaban J connectivity index is 2.41. The Morgan fingerprint density at radius 3 is 2.48 bits per heavy atom. The van der Waals surface area contributed by atoms with Crippen molar-refractivity contribution in [1.29, 1.82) is 0 Å². The number of hydrogen-bond donors (Lipinski definition) is 3. The Morgan fingerprint density at radius 1 is 1.19 bits per heavy atom. The van der Waals surface area contributed by atoms with Gasteiger partial charge in [0.2, 0.25) is 10.0 Å². The third-order valence-corrected chi connectivity index (χ3v) is 3.68. The number of sulfonamides is 1. The molecule has 0 unspecified atom stereocenters. The van der Waals surface area contributed by atoms with E-state index in [2.05, 4.69) is 52.4 Å². The maximum atomic E-state index is 10.9. The van der Waals surface area contributed by atoms with E-state index in [4.69, 9.17) is 0 Å². The third kappa shape index (κ3) is 7.10. The number of hydrogen-bond acceptors (Lipinski definition) is 3. The molecule has 1 aromatic rings. The highest BCUT2D eigenvalue weighted by Gasteiger charge is 2.02. The summed E-state index contributed by atoms with van der Waals surface area (Å²) in [6.07, 6.45) is 1.14. The average molecular weight is 312 g/mol. The molecule has 0 heterocycles. The second-order valence-corrected chi connectivity index (χ2v) is 6.78. The zero-order chi connectivity index (χ0) is 15.9. The van der Waals surface area contributed by atoms with E-state index in [1.165, 1.54) is 16.7 Å². The monoisotopic (exact) mass is 312 g/mol. The first kappa shape index (κ1) is 17.5. The van der Waals surface area contributed by atoms with Crippen LogP contribution in [0.1, 0.15) is 16.7 Å². The van der Waals surface area contributed by atoms with Crippen LogP contribution in [0.3, 0.4) is 0 Å². The molecule has 0 atom stereocenters. The van der Waals surface area contributed by atoms with Gasteiger partial charge in [0, 0.05) is 26.7 Å². The number of guanidine groups is 1. The van der Waals surface area contributed by atoms with E-state index in [0.717, 1.165) is 6.26 Å². The van der Waals surface area contributed by atoms with Gasteiger partial charge in [0.05, 0.1) is 6.26 Å². The van der Waals surface area contributed by atoms with Crippen LogP contribution in [0.4, 0.5) is 0 Å². The highest BCUT2D eigenvalue weighted by atomic mass is 32.2. The Hall–Kier alpha value is -1.60. The van der Waals surface area contributed by atoms with Gasteiger partial charge in [0.1, 0.15) is 0 Å². The van der Waals surface area contributed by atoms with Crippen LogP contribution >= 0.6 is 0 Å². The maximum Gasteiger partial charge on any atom is 0.208 e. The van der Waals surface area contributed by atoms with Crippen molar-refractivity contribution in [1.82, 2.24) is 15.4 Å². The molecule has 0 saturated heterocycles. The summed E-state index contributed by atoms with van der Waals surface area (Å²) in [7, 11) is -1.46. The van der Waals surface area contributed by atoms with Crippen LogP contribution in [0.5, 0.6) is 0 Å². The minimum atomic E-state index is -3.14. The Labute approximate surface area is 127 Å². The van der Waals surface area contributed by atoms with Gasteiger partial charge in [-0.1, -0.05) is 23.8 Å². The summed E-state index contributed by atoms with van der Waals surface area (Å²) in [4.78, 5) is 4.10. The largest absolute Gasteiger partial charge is 0.355 e. The summed E-state index contributed by atoms with van der Waals surface area (Å²) in [6, 6.07) is 6.32. The minimum Gasteiger partial charge on any atom is -0.355 e. The van der Waals surface area contributed by atoms with Crippen molar-refractivity contribution in [3.63, 3.8) is 0 Å². The molecule has 0 aliphatic carbocycles. The van der Waals surface area contributed by atoms with Crippen molar-refractivity contribution in [2.24, 2.45) is 4.99 Å². The van der Waals surface area contributed by atoms with Crippen LogP contribution in [-0.2, 0) is 16.6 Å².